The van der Waals surface area contributed by atoms with Crippen molar-refractivity contribution in [2.75, 3.05) is 6.61 Å². The van der Waals surface area contributed by atoms with E-state index in [1.165, 1.54) is 25.7 Å². The monoisotopic (exact) mass is 250 g/mol. The van der Waals surface area contributed by atoms with E-state index in [0.29, 0.717) is 18.3 Å². The second-order valence-electron chi connectivity index (χ2n) is 5.50. The molecule has 0 saturated heterocycles. The number of halogens is 1. The lowest BCUT2D eigenvalue weighted by Crippen LogP contribution is -2.11. The smallest absolute Gasteiger partial charge is 0.165 e. The molecule has 1 aromatic rings. The third kappa shape index (κ3) is 3.24. The fourth-order valence-corrected chi connectivity index (χ4v) is 2.69. The van der Waals surface area contributed by atoms with Crippen molar-refractivity contribution in [3.8, 4) is 5.75 Å². The second kappa shape index (κ2) is 6.21. The molecule has 2 rings (SSSR count). The van der Waals surface area contributed by atoms with E-state index in [4.69, 9.17) is 4.74 Å². The van der Waals surface area contributed by atoms with Crippen molar-refractivity contribution in [3.05, 3.63) is 29.6 Å². The molecule has 1 nitrogen and oxygen atoms in total. The summed E-state index contributed by atoms with van der Waals surface area (Å²) in [5, 5.41) is 0. The fourth-order valence-electron chi connectivity index (χ4n) is 2.69. The first-order chi connectivity index (χ1) is 8.70. The van der Waals surface area contributed by atoms with Gasteiger partial charge in [-0.25, -0.2) is 4.39 Å². The minimum absolute atomic E-state index is 0.209. The number of hydrogen-bond donors (Lipinski definition) is 0. The highest BCUT2D eigenvalue weighted by molar-refractivity contribution is 5.31. The summed E-state index contributed by atoms with van der Waals surface area (Å²) in [5.74, 6) is 1.55. The average molecular weight is 250 g/mol. The first-order valence-electron chi connectivity index (χ1n) is 7.13. The van der Waals surface area contributed by atoms with Crippen LogP contribution in [0.2, 0.25) is 0 Å². The fraction of sp³-hybridized carbons (Fsp3) is 0.625. The number of hydrogen-bond acceptors (Lipinski definition) is 1. The van der Waals surface area contributed by atoms with Crippen molar-refractivity contribution in [2.45, 2.75) is 51.9 Å². The number of benzene rings is 1. The van der Waals surface area contributed by atoms with Crippen LogP contribution < -0.4 is 4.74 Å². The van der Waals surface area contributed by atoms with Crippen molar-refractivity contribution in [1.29, 1.82) is 0 Å². The zero-order valence-corrected chi connectivity index (χ0v) is 11.4. The lowest BCUT2D eigenvalue weighted by molar-refractivity contribution is 0.300. The van der Waals surface area contributed by atoms with Crippen LogP contribution in [0, 0.1) is 11.7 Å². The highest BCUT2D eigenvalue weighted by Gasteiger charge is 2.20. The predicted molar refractivity (Wildman–Crippen MR) is 72.6 cm³/mol. The highest BCUT2D eigenvalue weighted by atomic mass is 19.1. The van der Waals surface area contributed by atoms with Crippen LogP contribution in [0.15, 0.2) is 18.2 Å². The summed E-state index contributed by atoms with van der Waals surface area (Å²) in [6.07, 6.45) is 5.81. The molecule has 0 bridgehead atoms. The molecule has 1 fully saturated rings. The van der Waals surface area contributed by atoms with Crippen LogP contribution in [0.5, 0.6) is 5.75 Å². The maximum Gasteiger partial charge on any atom is 0.165 e. The molecule has 0 heterocycles. The van der Waals surface area contributed by atoms with E-state index in [1.54, 1.807) is 12.1 Å². The maximum absolute atomic E-state index is 13.9. The van der Waals surface area contributed by atoms with Crippen LogP contribution in [0.4, 0.5) is 4.39 Å². The van der Waals surface area contributed by atoms with Crippen LogP contribution in [0.1, 0.15) is 57.4 Å². The zero-order valence-electron chi connectivity index (χ0n) is 11.4. The van der Waals surface area contributed by atoms with E-state index < -0.39 is 0 Å². The van der Waals surface area contributed by atoms with Crippen LogP contribution in [0.3, 0.4) is 0 Å². The molecule has 0 unspecified atom stereocenters. The van der Waals surface area contributed by atoms with E-state index in [1.807, 2.05) is 13.0 Å². The molecule has 0 atom stereocenters. The summed E-state index contributed by atoms with van der Waals surface area (Å²) in [5.41, 5.74) is 1.14. The van der Waals surface area contributed by atoms with Crippen molar-refractivity contribution in [3.63, 3.8) is 0 Å². The van der Waals surface area contributed by atoms with Crippen molar-refractivity contribution in [2.24, 2.45) is 5.92 Å². The minimum atomic E-state index is -0.209. The van der Waals surface area contributed by atoms with E-state index in [-0.39, 0.29) is 5.82 Å². The van der Waals surface area contributed by atoms with E-state index >= 15 is 0 Å². The molecule has 0 radical (unpaired) electrons. The molecule has 18 heavy (non-hydrogen) atoms. The molecule has 2 heteroatoms. The molecule has 0 aromatic heterocycles. The third-order valence-electron chi connectivity index (χ3n) is 3.90. The van der Waals surface area contributed by atoms with E-state index in [9.17, 15) is 4.39 Å². The van der Waals surface area contributed by atoms with E-state index in [2.05, 4.69) is 6.92 Å². The molecule has 0 aliphatic heterocycles. The van der Waals surface area contributed by atoms with Crippen LogP contribution in [-0.4, -0.2) is 6.61 Å². The summed E-state index contributed by atoms with van der Waals surface area (Å²) < 4.78 is 19.3. The van der Waals surface area contributed by atoms with Crippen LogP contribution >= 0.6 is 0 Å². The van der Waals surface area contributed by atoms with Crippen molar-refractivity contribution in [1.82, 2.24) is 0 Å². The van der Waals surface area contributed by atoms with Gasteiger partial charge in [0.15, 0.2) is 11.6 Å². The Morgan fingerprint density at radius 1 is 1.22 bits per heavy atom. The summed E-state index contributed by atoms with van der Waals surface area (Å²) in [6.45, 7) is 4.91. The van der Waals surface area contributed by atoms with Crippen LogP contribution in [0.25, 0.3) is 0 Å². The molecule has 1 aliphatic rings. The Balaban J connectivity index is 2.04. The lowest BCUT2D eigenvalue weighted by Gasteiger charge is -2.26. The van der Waals surface area contributed by atoms with Crippen molar-refractivity contribution >= 4 is 0 Å². The molecule has 1 saturated carbocycles. The SMILES string of the molecule is CCCOc1ccc(C2CCC(C)CC2)cc1F. The first kappa shape index (κ1) is 13.4. The summed E-state index contributed by atoms with van der Waals surface area (Å²) >= 11 is 0. The zero-order chi connectivity index (χ0) is 13.0. The molecule has 0 spiro atoms. The normalized spacial score (nSPS) is 23.9. The van der Waals surface area contributed by atoms with Gasteiger partial charge in [-0.05, 0) is 48.8 Å². The van der Waals surface area contributed by atoms with Gasteiger partial charge in [0.2, 0.25) is 0 Å². The van der Waals surface area contributed by atoms with Gasteiger partial charge in [0, 0.05) is 0 Å². The summed E-state index contributed by atoms with van der Waals surface area (Å²) in [6, 6.07) is 5.50. The Kier molecular flexibility index (Phi) is 4.62. The third-order valence-corrected chi connectivity index (χ3v) is 3.90. The molecule has 100 valence electrons. The number of rotatable bonds is 4. The standard InChI is InChI=1S/C16H23FO/c1-3-10-18-16-9-8-14(11-15(16)17)13-6-4-12(2)5-7-13/h8-9,11-13H,3-7,10H2,1-2H3. The Morgan fingerprint density at radius 2 is 1.94 bits per heavy atom. The summed E-state index contributed by atoms with van der Waals surface area (Å²) in [7, 11) is 0. The van der Waals surface area contributed by atoms with Gasteiger partial charge in [-0.15, -0.1) is 0 Å². The summed E-state index contributed by atoms with van der Waals surface area (Å²) in [4.78, 5) is 0. The molecule has 0 amide bonds. The molecule has 1 aromatic carbocycles. The van der Waals surface area contributed by atoms with Gasteiger partial charge in [-0.2, -0.15) is 0 Å². The highest BCUT2D eigenvalue weighted by Crippen LogP contribution is 2.36. The quantitative estimate of drug-likeness (QED) is 0.738. The first-order valence-corrected chi connectivity index (χ1v) is 7.13. The molecular weight excluding hydrogens is 227 g/mol. The number of ether oxygens (including phenoxy) is 1. The van der Waals surface area contributed by atoms with Gasteiger partial charge in [0.1, 0.15) is 0 Å². The van der Waals surface area contributed by atoms with Gasteiger partial charge in [0.05, 0.1) is 6.61 Å². The Morgan fingerprint density at radius 3 is 2.56 bits per heavy atom. The molecule has 0 N–H and O–H groups in total. The molecular formula is C16H23FO. The maximum atomic E-state index is 13.9. The predicted octanol–water partition coefficient (Wildman–Crippen LogP) is 4.91. The minimum Gasteiger partial charge on any atom is -0.491 e. The topological polar surface area (TPSA) is 9.23 Å². The van der Waals surface area contributed by atoms with Gasteiger partial charge in [-0.1, -0.05) is 32.8 Å². The van der Waals surface area contributed by atoms with Crippen LogP contribution in [-0.2, 0) is 0 Å². The van der Waals surface area contributed by atoms with Gasteiger partial charge in [0.25, 0.3) is 0 Å². The molecule has 1 aliphatic carbocycles. The Labute approximate surface area is 109 Å². The Bertz CT molecular complexity index is 381. The second-order valence-corrected chi connectivity index (χ2v) is 5.50. The lowest BCUT2D eigenvalue weighted by atomic mass is 9.79. The average Bonchev–Trinajstić information content (AvgIpc) is 2.38. The van der Waals surface area contributed by atoms with Gasteiger partial charge >= 0.3 is 0 Å². The van der Waals surface area contributed by atoms with Gasteiger partial charge < -0.3 is 4.74 Å². The van der Waals surface area contributed by atoms with Gasteiger partial charge in [-0.3, -0.25) is 0 Å². The largest absolute Gasteiger partial charge is 0.491 e. The Hall–Kier alpha value is -1.05. The van der Waals surface area contributed by atoms with Crippen molar-refractivity contribution < 1.29 is 9.13 Å². The van der Waals surface area contributed by atoms with E-state index in [0.717, 1.165) is 17.9 Å².